The van der Waals surface area contributed by atoms with Gasteiger partial charge in [0.25, 0.3) is 0 Å². The Morgan fingerprint density at radius 2 is 2.13 bits per heavy atom. The van der Waals surface area contributed by atoms with Crippen molar-refractivity contribution < 1.29 is 0 Å². The summed E-state index contributed by atoms with van der Waals surface area (Å²) in [6, 6.07) is 1.05. The Kier molecular flexibility index (Phi) is 4.94. The Balaban J connectivity index is 2.29. The summed E-state index contributed by atoms with van der Waals surface area (Å²) >= 11 is 2.07. The second-order valence-electron chi connectivity index (χ2n) is 5.72. The Labute approximate surface area is 99.0 Å². The van der Waals surface area contributed by atoms with Crippen molar-refractivity contribution in [3.63, 3.8) is 0 Å². The maximum Gasteiger partial charge on any atom is 0.0158 e. The van der Waals surface area contributed by atoms with Crippen LogP contribution < -0.4 is 5.73 Å². The van der Waals surface area contributed by atoms with E-state index in [2.05, 4.69) is 44.4 Å². The molecule has 90 valence electrons. The Bertz CT molecular complexity index is 189. The quantitative estimate of drug-likeness (QED) is 0.806. The molecule has 0 aliphatic carbocycles. The van der Waals surface area contributed by atoms with Crippen LogP contribution in [-0.4, -0.2) is 41.6 Å². The predicted molar refractivity (Wildman–Crippen MR) is 70.4 cm³/mol. The molecule has 2 unspecified atom stereocenters. The molecule has 0 bridgehead atoms. The molecule has 1 aliphatic rings. The van der Waals surface area contributed by atoms with E-state index in [0.717, 1.165) is 12.5 Å². The lowest BCUT2D eigenvalue weighted by Crippen LogP contribution is -2.44. The first-order valence-electron chi connectivity index (χ1n) is 5.98. The first-order valence-corrected chi connectivity index (χ1v) is 7.14. The number of thioether (sulfide) groups is 1. The Hall–Kier alpha value is 0.270. The van der Waals surface area contributed by atoms with Crippen LogP contribution in [0.2, 0.25) is 0 Å². The normalized spacial score (nSPS) is 26.6. The van der Waals surface area contributed by atoms with E-state index < -0.39 is 0 Å². The van der Waals surface area contributed by atoms with Crippen molar-refractivity contribution in [3.05, 3.63) is 0 Å². The zero-order chi connectivity index (χ0) is 11.5. The van der Waals surface area contributed by atoms with Crippen molar-refractivity contribution in [2.24, 2.45) is 11.1 Å². The van der Waals surface area contributed by atoms with Gasteiger partial charge in [-0.05, 0) is 25.3 Å². The summed E-state index contributed by atoms with van der Waals surface area (Å²) in [5.74, 6) is 2.57. The van der Waals surface area contributed by atoms with Gasteiger partial charge in [-0.25, -0.2) is 0 Å². The third-order valence-corrected chi connectivity index (χ3v) is 4.53. The highest BCUT2D eigenvalue weighted by Gasteiger charge is 2.23. The van der Waals surface area contributed by atoms with Gasteiger partial charge < -0.3 is 5.73 Å². The molecule has 0 aromatic heterocycles. The highest BCUT2D eigenvalue weighted by Crippen LogP contribution is 2.22. The lowest BCUT2D eigenvalue weighted by atomic mass is 9.85. The van der Waals surface area contributed by atoms with Gasteiger partial charge in [-0.1, -0.05) is 20.8 Å². The summed E-state index contributed by atoms with van der Waals surface area (Å²) in [5.41, 5.74) is 6.43. The third-order valence-electron chi connectivity index (χ3n) is 3.34. The summed E-state index contributed by atoms with van der Waals surface area (Å²) < 4.78 is 0. The molecule has 1 rings (SSSR count). The summed E-state index contributed by atoms with van der Waals surface area (Å²) in [4.78, 5) is 2.59. The Morgan fingerprint density at radius 1 is 1.47 bits per heavy atom. The molecule has 1 aliphatic heterocycles. The van der Waals surface area contributed by atoms with E-state index in [1.54, 1.807) is 0 Å². The molecule has 0 radical (unpaired) electrons. The molecule has 1 fully saturated rings. The van der Waals surface area contributed by atoms with E-state index in [1.807, 2.05) is 0 Å². The standard InChI is InChI=1S/C12H26N2S/c1-10-9-15-8-7-14(10)6-5-11(13)12(2,3)4/h10-11H,5-9,13H2,1-4H3. The molecule has 2 atom stereocenters. The van der Waals surface area contributed by atoms with Gasteiger partial charge in [-0.3, -0.25) is 4.90 Å². The summed E-state index contributed by atoms with van der Waals surface area (Å²) in [6.07, 6.45) is 1.12. The first kappa shape index (κ1) is 13.3. The molecule has 1 saturated heterocycles. The number of hydrogen-bond donors (Lipinski definition) is 1. The van der Waals surface area contributed by atoms with Gasteiger partial charge in [-0.15, -0.1) is 0 Å². The zero-order valence-electron chi connectivity index (χ0n) is 10.6. The van der Waals surface area contributed by atoms with Gasteiger partial charge in [-0.2, -0.15) is 11.8 Å². The van der Waals surface area contributed by atoms with E-state index in [1.165, 1.54) is 24.6 Å². The molecule has 0 spiro atoms. The predicted octanol–water partition coefficient (Wildman–Crippen LogP) is 2.19. The smallest absolute Gasteiger partial charge is 0.0158 e. The van der Waals surface area contributed by atoms with Gasteiger partial charge in [0.15, 0.2) is 0 Å². The maximum absolute atomic E-state index is 6.18. The number of hydrogen-bond acceptors (Lipinski definition) is 3. The summed E-state index contributed by atoms with van der Waals surface area (Å²) in [6.45, 7) is 11.4. The number of nitrogens with two attached hydrogens (primary N) is 1. The lowest BCUT2D eigenvalue weighted by Gasteiger charge is -2.35. The van der Waals surface area contributed by atoms with Crippen LogP contribution in [0.25, 0.3) is 0 Å². The van der Waals surface area contributed by atoms with Crippen LogP contribution in [0, 0.1) is 5.41 Å². The molecule has 0 aromatic rings. The fourth-order valence-electron chi connectivity index (χ4n) is 1.83. The molecular weight excluding hydrogens is 204 g/mol. The van der Waals surface area contributed by atoms with E-state index in [0.29, 0.717) is 6.04 Å². The highest BCUT2D eigenvalue weighted by molar-refractivity contribution is 7.99. The fraction of sp³-hybridized carbons (Fsp3) is 1.00. The minimum Gasteiger partial charge on any atom is -0.327 e. The molecule has 15 heavy (non-hydrogen) atoms. The van der Waals surface area contributed by atoms with Crippen LogP contribution in [0.3, 0.4) is 0 Å². The van der Waals surface area contributed by atoms with Crippen LogP contribution >= 0.6 is 11.8 Å². The van der Waals surface area contributed by atoms with Gasteiger partial charge in [0.05, 0.1) is 0 Å². The minimum atomic E-state index is 0.244. The van der Waals surface area contributed by atoms with Crippen molar-refractivity contribution in [3.8, 4) is 0 Å². The molecule has 2 nitrogen and oxygen atoms in total. The maximum atomic E-state index is 6.18. The molecule has 0 amide bonds. The van der Waals surface area contributed by atoms with E-state index in [-0.39, 0.29) is 5.41 Å². The van der Waals surface area contributed by atoms with Gasteiger partial charge in [0.1, 0.15) is 0 Å². The van der Waals surface area contributed by atoms with Gasteiger partial charge >= 0.3 is 0 Å². The number of nitrogens with zero attached hydrogens (tertiary/aromatic N) is 1. The second-order valence-corrected chi connectivity index (χ2v) is 6.87. The van der Waals surface area contributed by atoms with Crippen LogP contribution in [0.1, 0.15) is 34.1 Å². The molecule has 3 heteroatoms. The molecule has 0 aromatic carbocycles. The summed E-state index contributed by atoms with van der Waals surface area (Å²) in [7, 11) is 0. The minimum absolute atomic E-state index is 0.244. The van der Waals surface area contributed by atoms with E-state index >= 15 is 0 Å². The largest absolute Gasteiger partial charge is 0.327 e. The summed E-state index contributed by atoms with van der Waals surface area (Å²) in [5, 5.41) is 0. The third kappa shape index (κ3) is 4.33. The second kappa shape index (κ2) is 5.55. The monoisotopic (exact) mass is 230 g/mol. The molecule has 1 heterocycles. The van der Waals surface area contributed by atoms with E-state index in [4.69, 9.17) is 5.73 Å². The van der Waals surface area contributed by atoms with Crippen molar-refractivity contribution in [1.29, 1.82) is 0 Å². The SMILES string of the molecule is CC1CSCCN1CCC(N)C(C)(C)C. The van der Waals surface area contributed by atoms with Crippen molar-refractivity contribution in [2.45, 2.75) is 46.2 Å². The van der Waals surface area contributed by atoms with E-state index in [9.17, 15) is 0 Å². The van der Waals surface area contributed by atoms with Crippen molar-refractivity contribution in [2.75, 3.05) is 24.6 Å². The average Bonchev–Trinajstić information content (AvgIpc) is 2.14. The van der Waals surface area contributed by atoms with Gasteiger partial charge in [0.2, 0.25) is 0 Å². The van der Waals surface area contributed by atoms with Crippen molar-refractivity contribution >= 4 is 11.8 Å². The van der Waals surface area contributed by atoms with Crippen LogP contribution in [0.4, 0.5) is 0 Å². The van der Waals surface area contributed by atoms with Crippen LogP contribution in [-0.2, 0) is 0 Å². The molecule has 2 N–H and O–H groups in total. The number of rotatable bonds is 3. The van der Waals surface area contributed by atoms with Crippen LogP contribution in [0.5, 0.6) is 0 Å². The lowest BCUT2D eigenvalue weighted by molar-refractivity contribution is 0.200. The topological polar surface area (TPSA) is 29.3 Å². The van der Waals surface area contributed by atoms with Crippen LogP contribution in [0.15, 0.2) is 0 Å². The first-order chi connectivity index (χ1) is 6.91. The molecular formula is C12H26N2S. The Morgan fingerprint density at radius 3 is 2.67 bits per heavy atom. The fourth-order valence-corrected chi connectivity index (χ4v) is 2.91. The molecule has 0 saturated carbocycles. The van der Waals surface area contributed by atoms with Crippen molar-refractivity contribution in [1.82, 2.24) is 4.90 Å². The highest BCUT2D eigenvalue weighted by atomic mass is 32.2. The average molecular weight is 230 g/mol. The van der Waals surface area contributed by atoms with Gasteiger partial charge in [0, 0.05) is 30.1 Å². The zero-order valence-corrected chi connectivity index (χ0v) is 11.4.